The van der Waals surface area contributed by atoms with E-state index in [4.69, 9.17) is 0 Å². The number of hydrogen-bond acceptors (Lipinski definition) is 2. The van der Waals surface area contributed by atoms with E-state index in [-0.39, 0.29) is 5.92 Å². The number of hydrogen-bond donors (Lipinski definition) is 1. The monoisotopic (exact) mass is 302 g/mol. The molecule has 1 aromatic rings. The fourth-order valence-electron chi connectivity index (χ4n) is 2.07. The predicted molar refractivity (Wildman–Crippen MR) is 74.1 cm³/mol. The summed E-state index contributed by atoms with van der Waals surface area (Å²) in [6.45, 7) is 11.1. The van der Waals surface area contributed by atoms with E-state index >= 15 is 0 Å². The van der Waals surface area contributed by atoms with Gasteiger partial charge in [-0.1, -0.05) is 20.8 Å². The van der Waals surface area contributed by atoms with Crippen LogP contribution in [-0.4, -0.2) is 20.5 Å². The standard InChI is InChI=1S/C13H23BrN2O/c1-6-13(17,9(3)4)8-11-12(14)10(5)15-16(11)7-2/h9,17H,6-8H2,1-5H3. The third kappa shape index (κ3) is 2.91. The SMILES string of the molecule is CCn1nc(C)c(Br)c1CC(O)(CC)C(C)C. The Kier molecular flexibility index (Phi) is 4.78. The van der Waals surface area contributed by atoms with Gasteiger partial charge in [0.2, 0.25) is 0 Å². The van der Waals surface area contributed by atoms with Crippen molar-refractivity contribution >= 4 is 15.9 Å². The van der Waals surface area contributed by atoms with Crippen LogP contribution in [0.5, 0.6) is 0 Å². The lowest BCUT2D eigenvalue weighted by atomic mass is 9.83. The summed E-state index contributed by atoms with van der Waals surface area (Å²) in [7, 11) is 0. The van der Waals surface area contributed by atoms with Gasteiger partial charge in [-0.2, -0.15) is 5.10 Å². The molecule has 0 radical (unpaired) electrons. The first kappa shape index (κ1) is 14.7. The molecule has 4 heteroatoms. The Balaban J connectivity index is 3.09. The maximum Gasteiger partial charge on any atom is 0.0738 e. The topological polar surface area (TPSA) is 38.0 Å². The molecule has 17 heavy (non-hydrogen) atoms. The largest absolute Gasteiger partial charge is 0.389 e. The van der Waals surface area contributed by atoms with Gasteiger partial charge in [-0.3, -0.25) is 4.68 Å². The van der Waals surface area contributed by atoms with Crippen LogP contribution in [0.25, 0.3) is 0 Å². The van der Waals surface area contributed by atoms with Crippen molar-refractivity contribution in [3.05, 3.63) is 15.9 Å². The Labute approximate surface area is 112 Å². The minimum atomic E-state index is -0.651. The first-order valence-corrected chi connectivity index (χ1v) is 7.09. The van der Waals surface area contributed by atoms with Crippen LogP contribution in [0.1, 0.15) is 45.5 Å². The maximum absolute atomic E-state index is 10.6. The molecule has 1 N–H and O–H groups in total. The molecule has 0 saturated carbocycles. The van der Waals surface area contributed by atoms with Crippen LogP contribution in [0.2, 0.25) is 0 Å². The zero-order valence-corrected chi connectivity index (χ0v) is 13.0. The predicted octanol–water partition coefficient (Wildman–Crippen LogP) is 3.31. The molecule has 3 nitrogen and oxygen atoms in total. The van der Waals surface area contributed by atoms with Gasteiger partial charge in [0.25, 0.3) is 0 Å². The van der Waals surface area contributed by atoms with Crippen molar-refractivity contribution in [2.45, 2.75) is 59.6 Å². The molecule has 1 heterocycles. The minimum Gasteiger partial charge on any atom is -0.389 e. The summed E-state index contributed by atoms with van der Waals surface area (Å²) in [5.74, 6) is 0.236. The van der Waals surface area contributed by atoms with Crippen molar-refractivity contribution in [3.8, 4) is 0 Å². The molecular weight excluding hydrogens is 280 g/mol. The van der Waals surface area contributed by atoms with Crippen LogP contribution in [0, 0.1) is 12.8 Å². The highest BCUT2D eigenvalue weighted by Crippen LogP contribution is 2.30. The van der Waals surface area contributed by atoms with E-state index in [0.29, 0.717) is 6.42 Å². The quantitative estimate of drug-likeness (QED) is 0.906. The molecule has 0 amide bonds. The van der Waals surface area contributed by atoms with E-state index in [2.05, 4.69) is 41.8 Å². The number of aromatic nitrogens is 2. The molecule has 0 spiro atoms. The number of aliphatic hydroxyl groups is 1. The summed E-state index contributed by atoms with van der Waals surface area (Å²) in [5, 5.41) is 15.1. The molecule has 1 unspecified atom stereocenters. The van der Waals surface area contributed by atoms with Crippen LogP contribution in [0.3, 0.4) is 0 Å². The van der Waals surface area contributed by atoms with Gasteiger partial charge in [0, 0.05) is 13.0 Å². The van der Waals surface area contributed by atoms with Crippen LogP contribution in [0.4, 0.5) is 0 Å². The number of nitrogens with zero attached hydrogens (tertiary/aromatic N) is 2. The molecule has 0 aliphatic rings. The molecule has 98 valence electrons. The third-order valence-electron chi connectivity index (χ3n) is 3.61. The van der Waals surface area contributed by atoms with Crippen molar-refractivity contribution in [2.75, 3.05) is 0 Å². The van der Waals surface area contributed by atoms with E-state index < -0.39 is 5.60 Å². The van der Waals surface area contributed by atoms with Crippen LogP contribution < -0.4 is 0 Å². The summed E-state index contributed by atoms with van der Waals surface area (Å²) in [6.07, 6.45) is 1.40. The van der Waals surface area contributed by atoms with Gasteiger partial charge in [0.05, 0.1) is 21.5 Å². The normalized spacial score (nSPS) is 15.3. The summed E-state index contributed by atoms with van der Waals surface area (Å²) in [4.78, 5) is 0. The lowest BCUT2D eigenvalue weighted by molar-refractivity contribution is -0.0101. The molecule has 1 atom stereocenters. The van der Waals surface area contributed by atoms with E-state index in [0.717, 1.165) is 28.8 Å². The minimum absolute atomic E-state index is 0.236. The molecule has 0 aromatic carbocycles. The zero-order chi connectivity index (χ0) is 13.2. The van der Waals surface area contributed by atoms with Gasteiger partial charge in [0.1, 0.15) is 0 Å². The van der Waals surface area contributed by atoms with Gasteiger partial charge in [-0.15, -0.1) is 0 Å². The van der Waals surface area contributed by atoms with Crippen molar-refractivity contribution in [3.63, 3.8) is 0 Å². The summed E-state index contributed by atoms with van der Waals surface area (Å²) in [6, 6.07) is 0. The Morgan fingerprint density at radius 2 is 2.00 bits per heavy atom. The molecule has 0 saturated heterocycles. The van der Waals surface area contributed by atoms with E-state index in [1.54, 1.807) is 0 Å². The Hall–Kier alpha value is -0.350. The van der Waals surface area contributed by atoms with Crippen molar-refractivity contribution in [1.82, 2.24) is 9.78 Å². The van der Waals surface area contributed by atoms with Crippen LogP contribution in [0.15, 0.2) is 4.47 Å². The highest BCUT2D eigenvalue weighted by atomic mass is 79.9. The summed E-state index contributed by atoms with van der Waals surface area (Å²) >= 11 is 3.58. The Morgan fingerprint density at radius 3 is 2.41 bits per heavy atom. The molecule has 0 aliphatic carbocycles. The maximum atomic E-state index is 10.6. The fraction of sp³-hybridized carbons (Fsp3) is 0.769. The van der Waals surface area contributed by atoms with E-state index in [1.165, 1.54) is 0 Å². The molecular formula is C13H23BrN2O. The van der Waals surface area contributed by atoms with Gasteiger partial charge in [-0.25, -0.2) is 0 Å². The van der Waals surface area contributed by atoms with Gasteiger partial charge in [-0.05, 0) is 42.1 Å². The molecule has 1 rings (SSSR count). The van der Waals surface area contributed by atoms with E-state index in [9.17, 15) is 5.11 Å². The summed E-state index contributed by atoms with van der Waals surface area (Å²) in [5.41, 5.74) is 1.44. The Morgan fingerprint density at radius 1 is 1.41 bits per heavy atom. The second kappa shape index (κ2) is 5.53. The second-order valence-corrected chi connectivity index (χ2v) is 5.74. The molecule has 0 bridgehead atoms. The van der Waals surface area contributed by atoms with Crippen molar-refractivity contribution in [2.24, 2.45) is 5.92 Å². The fourth-order valence-corrected chi connectivity index (χ4v) is 2.49. The first-order chi connectivity index (χ1) is 7.85. The average molecular weight is 303 g/mol. The Bertz CT molecular complexity index is 387. The smallest absolute Gasteiger partial charge is 0.0738 e. The highest BCUT2D eigenvalue weighted by molar-refractivity contribution is 9.10. The highest BCUT2D eigenvalue weighted by Gasteiger charge is 2.31. The number of aryl methyl sites for hydroxylation is 2. The molecule has 0 fully saturated rings. The molecule has 1 aromatic heterocycles. The van der Waals surface area contributed by atoms with Crippen molar-refractivity contribution < 1.29 is 5.11 Å². The number of halogens is 1. The second-order valence-electron chi connectivity index (χ2n) is 4.95. The zero-order valence-electron chi connectivity index (χ0n) is 11.4. The van der Waals surface area contributed by atoms with Crippen LogP contribution in [-0.2, 0) is 13.0 Å². The first-order valence-electron chi connectivity index (χ1n) is 6.29. The van der Waals surface area contributed by atoms with Gasteiger partial charge in [0.15, 0.2) is 0 Å². The molecule has 0 aliphatic heterocycles. The van der Waals surface area contributed by atoms with Crippen LogP contribution >= 0.6 is 15.9 Å². The lowest BCUT2D eigenvalue weighted by Gasteiger charge is -2.31. The van der Waals surface area contributed by atoms with Crippen molar-refractivity contribution in [1.29, 1.82) is 0 Å². The number of rotatable bonds is 5. The van der Waals surface area contributed by atoms with E-state index in [1.807, 2.05) is 18.5 Å². The summed E-state index contributed by atoms with van der Waals surface area (Å²) < 4.78 is 3.01. The third-order valence-corrected chi connectivity index (χ3v) is 4.64. The lowest BCUT2D eigenvalue weighted by Crippen LogP contribution is -2.37. The van der Waals surface area contributed by atoms with Gasteiger partial charge >= 0.3 is 0 Å². The average Bonchev–Trinajstić information content (AvgIpc) is 2.56. The van der Waals surface area contributed by atoms with Gasteiger partial charge < -0.3 is 5.11 Å².